The maximum absolute atomic E-state index is 4.40. The van der Waals surface area contributed by atoms with Gasteiger partial charge in [0.25, 0.3) is 0 Å². The number of imidazole rings is 1. The van der Waals surface area contributed by atoms with Crippen molar-refractivity contribution in [3.05, 3.63) is 53.6 Å². The Hall–Kier alpha value is -1.65. The molecule has 1 aromatic heterocycles. The second-order valence-corrected chi connectivity index (χ2v) is 6.43. The number of hydrogen-bond acceptors (Lipinski definition) is 3. The Kier molecular flexibility index (Phi) is 5.47. The van der Waals surface area contributed by atoms with Crippen LogP contribution in [-0.4, -0.2) is 52.1 Å². The lowest BCUT2D eigenvalue weighted by Gasteiger charge is -2.35. The van der Waals surface area contributed by atoms with Gasteiger partial charge in [-0.2, -0.15) is 0 Å². The Bertz CT molecular complexity index is 611. The van der Waals surface area contributed by atoms with Crippen LogP contribution in [0.1, 0.15) is 23.9 Å². The molecule has 0 amide bonds. The van der Waals surface area contributed by atoms with E-state index in [1.165, 1.54) is 43.1 Å². The number of aromatic nitrogens is 2. The van der Waals surface area contributed by atoms with Gasteiger partial charge in [-0.05, 0) is 18.1 Å². The minimum Gasteiger partial charge on any atom is -0.334 e. The molecule has 1 aromatic carbocycles. The van der Waals surface area contributed by atoms with Crippen LogP contribution in [0, 0.1) is 6.92 Å². The topological polar surface area (TPSA) is 24.3 Å². The van der Waals surface area contributed by atoms with Crippen LogP contribution in [0.3, 0.4) is 0 Å². The number of aryl methyl sites for hydroxylation is 2. The summed E-state index contributed by atoms with van der Waals surface area (Å²) in [6, 6.07) is 8.74. The van der Waals surface area contributed by atoms with Gasteiger partial charge >= 0.3 is 0 Å². The van der Waals surface area contributed by atoms with E-state index >= 15 is 0 Å². The molecule has 2 heterocycles. The molecule has 0 radical (unpaired) electrons. The summed E-state index contributed by atoms with van der Waals surface area (Å²) in [4.78, 5) is 9.56. The average Bonchev–Trinajstić information content (AvgIpc) is 3.04. The highest BCUT2D eigenvalue weighted by Crippen LogP contribution is 2.12. The predicted octanol–water partition coefficient (Wildman–Crippen LogP) is 2.57. The van der Waals surface area contributed by atoms with Crippen LogP contribution in [0.2, 0.25) is 0 Å². The molecule has 4 nitrogen and oxygen atoms in total. The van der Waals surface area contributed by atoms with E-state index in [1.54, 1.807) is 0 Å². The minimum atomic E-state index is 1.01. The molecular formula is C19H28N4. The van der Waals surface area contributed by atoms with Crippen molar-refractivity contribution in [3.8, 4) is 0 Å². The zero-order valence-electron chi connectivity index (χ0n) is 14.4. The monoisotopic (exact) mass is 312 g/mol. The molecule has 0 N–H and O–H groups in total. The van der Waals surface area contributed by atoms with E-state index in [1.807, 2.05) is 6.20 Å². The van der Waals surface area contributed by atoms with Gasteiger partial charge in [0.05, 0.1) is 0 Å². The molecule has 0 spiro atoms. The molecule has 0 aliphatic carbocycles. The molecule has 0 unspecified atom stereocenters. The van der Waals surface area contributed by atoms with E-state index in [2.05, 4.69) is 63.7 Å². The maximum Gasteiger partial charge on any atom is 0.108 e. The molecule has 4 heteroatoms. The summed E-state index contributed by atoms with van der Waals surface area (Å²) in [6.07, 6.45) is 5.03. The van der Waals surface area contributed by atoms with Crippen molar-refractivity contribution in [2.75, 3.05) is 32.7 Å². The lowest BCUT2D eigenvalue weighted by molar-refractivity contribution is 0.123. The van der Waals surface area contributed by atoms with Gasteiger partial charge in [-0.3, -0.25) is 9.80 Å². The van der Waals surface area contributed by atoms with Crippen molar-refractivity contribution in [3.63, 3.8) is 0 Å². The van der Waals surface area contributed by atoms with Crippen LogP contribution in [0.25, 0.3) is 0 Å². The van der Waals surface area contributed by atoms with Crippen molar-refractivity contribution >= 4 is 0 Å². The fourth-order valence-corrected chi connectivity index (χ4v) is 3.31. The zero-order chi connectivity index (χ0) is 16.1. The van der Waals surface area contributed by atoms with Crippen LogP contribution in [-0.2, 0) is 19.5 Å². The van der Waals surface area contributed by atoms with Crippen LogP contribution in [0.15, 0.2) is 36.7 Å². The van der Waals surface area contributed by atoms with Gasteiger partial charge in [-0.15, -0.1) is 0 Å². The van der Waals surface area contributed by atoms with Crippen molar-refractivity contribution < 1.29 is 0 Å². The van der Waals surface area contributed by atoms with Gasteiger partial charge in [0.15, 0.2) is 0 Å². The normalized spacial score (nSPS) is 16.8. The molecule has 0 atom stereocenters. The number of nitrogens with zero attached hydrogens (tertiary/aromatic N) is 4. The van der Waals surface area contributed by atoms with E-state index in [0.29, 0.717) is 0 Å². The molecule has 0 saturated carbocycles. The van der Waals surface area contributed by atoms with E-state index in [0.717, 1.165) is 26.1 Å². The first kappa shape index (κ1) is 16.2. The third kappa shape index (κ3) is 4.21. The van der Waals surface area contributed by atoms with E-state index in [-0.39, 0.29) is 0 Å². The lowest BCUT2D eigenvalue weighted by atomic mass is 10.1. The Labute approximate surface area is 139 Å². The van der Waals surface area contributed by atoms with E-state index in [9.17, 15) is 0 Å². The molecule has 1 aliphatic rings. The average molecular weight is 312 g/mol. The molecule has 124 valence electrons. The summed E-state index contributed by atoms with van der Waals surface area (Å²) in [5, 5.41) is 0. The summed E-state index contributed by atoms with van der Waals surface area (Å²) in [6.45, 7) is 12.3. The third-order valence-corrected chi connectivity index (χ3v) is 4.90. The SMILES string of the molecule is CCc1nccn1CCN1CCN(Cc2ccccc2C)CC1. The quantitative estimate of drug-likeness (QED) is 0.819. The number of piperazine rings is 1. The summed E-state index contributed by atoms with van der Waals surface area (Å²) >= 11 is 0. The smallest absolute Gasteiger partial charge is 0.108 e. The van der Waals surface area contributed by atoms with Crippen molar-refractivity contribution in [2.45, 2.75) is 33.4 Å². The Morgan fingerprint density at radius 1 is 1.00 bits per heavy atom. The Balaban J connectivity index is 1.44. The van der Waals surface area contributed by atoms with Gasteiger partial charge in [-0.25, -0.2) is 4.98 Å². The predicted molar refractivity (Wildman–Crippen MR) is 94.5 cm³/mol. The summed E-state index contributed by atoms with van der Waals surface area (Å²) in [5.41, 5.74) is 2.87. The van der Waals surface area contributed by atoms with Crippen LogP contribution < -0.4 is 0 Å². The maximum atomic E-state index is 4.40. The van der Waals surface area contributed by atoms with Crippen molar-refractivity contribution in [2.24, 2.45) is 0 Å². The second kappa shape index (κ2) is 7.75. The summed E-state index contributed by atoms with van der Waals surface area (Å²) in [5.74, 6) is 1.20. The van der Waals surface area contributed by atoms with Gasteiger partial charge in [0, 0.05) is 64.6 Å². The molecule has 0 bridgehead atoms. The van der Waals surface area contributed by atoms with Crippen LogP contribution in [0.4, 0.5) is 0 Å². The molecule has 3 rings (SSSR count). The van der Waals surface area contributed by atoms with Crippen molar-refractivity contribution in [1.82, 2.24) is 19.4 Å². The molecule has 1 aliphatic heterocycles. The van der Waals surface area contributed by atoms with E-state index in [4.69, 9.17) is 0 Å². The highest BCUT2D eigenvalue weighted by Gasteiger charge is 2.17. The fourth-order valence-electron chi connectivity index (χ4n) is 3.31. The Morgan fingerprint density at radius 3 is 2.48 bits per heavy atom. The van der Waals surface area contributed by atoms with Crippen LogP contribution >= 0.6 is 0 Å². The van der Waals surface area contributed by atoms with Crippen molar-refractivity contribution in [1.29, 1.82) is 0 Å². The third-order valence-electron chi connectivity index (χ3n) is 4.90. The Morgan fingerprint density at radius 2 is 1.74 bits per heavy atom. The van der Waals surface area contributed by atoms with Gasteiger partial charge in [0.2, 0.25) is 0 Å². The molecular weight excluding hydrogens is 284 g/mol. The summed E-state index contributed by atoms with van der Waals surface area (Å²) in [7, 11) is 0. The van der Waals surface area contributed by atoms with Gasteiger partial charge in [-0.1, -0.05) is 31.2 Å². The molecule has 2 aromatic rings. The second-order valence-electron chi connectivity index (χ2n) is 6.43. The van der Waals surface area contributed by atoms with Gasteiger partial charge < -0.3 is 4.57 Å². The lowest BCUT2D eigenvalue weighted by Crippen LogP contribution is -2.46. The minimum absolute atomic E-state index is 1.01. The number of hydrogen-bond donors (Lipinski definition) is 0. The number of rotatable bonds is 6. The highest BCUT2D eigenvalue weighted by atomic mass is 15.3. The standard InChI is InChI=1S/C19H28N4/c1-3-19-20-8-9-23(19)15-14-21-10-12-22(13-11-21)16-18-7-5-4-6-17(18)2/h4-9H,3,10-16H2,1-2H3. The number of benzene rings is 1. The largest absolute Gasteiger partial charge is 0.334 e. The first-order chi connectivity index (χ1) is 11.3. The zero-order valence-corrected chi connectivity index (χ0v) is 14.4. The van der Waals surface area contributed by atoms with E-state index < -0.39 is 0 Å². The van der Waals surface area contributed by atoms with Crippen LogP contribution in [0.5, 0.6) is 0 Å². The first-order valence-corrected chi connectivity index (χ1v) is 8.75. The molecule has 23 heavy (non-hydrogen) atoms. The molecule has 1 saturated heterocycles. The van der Waals surface area contributed by atoms with Gasteiger partial charge in [0.1, 0.15) is 5.82 Å². The first-order valence-electron chi connectivity index (χ1n) is 8.75. The molecule has 1 fully saturated rings. The highest BCUT2D eigenvalue weighted by molar-refractivity contribution is 5.25. The fraction of sp³-hybridized carbons (Fsp3) is 0.526. The summed E-state index contributed by atoms with van der Waals surface area (Å²) < 4.78 is 2.29.